The van der Waals surface area contributed by atoms with Crippen molar-refractivity contribution in [2.24, 2.45) is 0 Å². The van der Waals surface area contributed by atoms with Crippen LogP contribution in [0.3, 0.4) is 0 Å². The van der Waals surface area contributed by atoms with Crippen molar-refractivity contribution >= 4 is 27.3 Å². The van der Waals surface area contributed by atoms with Crippen LogP contribution >= 0.6 is 27.3 Å². The molecule has 1 heterocycles. The Labute approximate surface area is 109 Å². The molecule has 1 N–H and O–H groups in total. The molecular weight excluding hydrogens is 292 g/mol. The Morgan fingerprint density at radius 1 is 1.44 bits per heavy atom. The largest absolute Gasteiger partial charge is 0.393 e. The quantitative estimate of drug-likeness (QED) is 0.750. The number of aliphatic hydroxyl groups excluding tert-OH is 1. The summed E-state index contributed by atoms with van der Waals surface area (Å²) in [5, 5.41) is 11.8. The van der Waals surface area contributed by atoms with E-state index in [9.17, 15) is 5.11 Å². The van der Waals surface area contributed by atoms with Crippen LogP contribution in [0.2, 0.25) is 0 Å². The third-order valence-electron chi connectivity index (χ3n) is 2.09. The molecule has 16 heavy (non-hydrogen) atoms. The van der Waals surface area contributed by atoms with Gasteiger partial charge < -0.3 is 14.6 Å². The first-order valence-corrected chi connectivity index (χ1v) is 6.87. The Balaban J connectivity index is 2.09. The Morgan fingerprint density at radius 2 is 2.25 bits per heavy atom. The molecule has 1 unspecified atom stereocenters. The lowest BCUT2D eigenvalue weighted by molar-refractivity contribution is 0.0480. The SMILES string of the molecule is COCCOCCC(O)Cc1cc(Br)cs1. The number of methoxy groups -OCH3 is 1. The number of hydrogen-bond donors (Lipinski definition) is 1. The third-order valence-corrected chi connectivity index (χ3v) is 3.81. The number of aliphatic hydroxyl groups is 1. The van der Waals surface area contributed by atoms with Crippen molar-refractivity contribution < 1.29 is 14.6 Å². The fraction of sp³-hybridized carbons (Fsp3) is 0.636. The molecule has 0 fully saturated rings. The molecule has 0 aliphatic heterocycles. The summed E-state index contributed by atoms with van der Waals surface area (Å²) in [6, 6.07) is 2.04. The van der Waals surface area contributed by atoms with E-state index in [1.54, 1.807) is 18.4 Å². The zero-order valence-electron chi connectivity index (χ0n) is 9.32. The van der Waals surface area contributed by atoms with Crippen molar-refractivity contribution in [1.82, 2.24) is 0 Å². The lowest BCUT2D eigenvalue weighted by Gasteiger charge is -2.09. The standard InChI is InChI=1S/C11H17BrO3S/c1-14-4-5-15-3-2-10(13)7-11-6-9(12)8-16-11/h6,8,10,13H,2-5,7H2,1H3. The topological polar surface area (TPSA) is 38.7 Å². The monoisotopic (exact) mass is 308 g/mol. The van der Waals surface area contributed by atoms with Crippen LogP contribution in [-0.2, 0) is 15.9 Å². The lowest BCUT2D eigenvalue weighted by atomic mass is 10.2. The van der Waals surface area contributed by atoms with E-state index in [2.05, 4.69) is 15.9 Å². The maximum atomic E-state index is 9.75. The Kier molecular flexibility index (Phi) is 7.23. The van der Waals surface area contributed by atoms with Gasteiger partial charge in [0.15, 0.2) is 0 Å². The second kappa shape index (κ2) is 8.20. The number of ether oxygens (including phenoxy) is 2. The Bertz CT molecular complexity index is 291. The molecule has 0 amide bonds. The van der Waals surface area contributed by atoms with Crippen molar-refractivity contribution in [1.29, 1.82) is 0 Å². The van der Waals surface area contributed by atoms with Gasteiger partial charge in [-0.15, -0.1) is 11.3 Å². The summed E-state index contributed by atoms with van der Waals surface area (Å²) >= 11 is 5.05. The molecule has 1 atom stereocenters. The van der Waals surface area contributed by atoms with Crippen LogP contribution in [0.4, 0.5) is 0 Å². The van der Waals surface area contributed by atoms with E-state index in [1.807, 2.05) is 11.4 Å². The lowest BCUT2D eigenvalue weighted by Crippen LogP contribution is -2.14. The van der Waals surface area contributed by atoms with Gasteiger partial charge in [0.25, 0.3) is 0 Å². The Morgan fingerprint density at radius 3 is 2.88 bits per heavy atom. The van der Waals surface area contributed by atoms with Crippen LogP contribution in [-0.4, -0.2) is 38.1 Å². The molecule has 1 aromatic heterocycles. The summed E-state index contributed by atoms with van der Waals surface area (Å²) in [6.45, 7) is 1.78. The highest BCUT2D eigenvalue weighted by Gasteiger charge is 2.07. The van der Waals surface area contributed by atoms with Gasteiger partial charge in [-0.25, -0.2) is 0 Å². The average molecular weight is 309 g/mol. The average Bonchev–Trinajstić information content (AvgIpc) is 2.63. The molecule has 1 aromatic rings. The zero-order chi connectivity index (χ0) is 11.8. The van der Waals surface area contributed by atoms with Crippen LogP contribution in [0.15, 0.2) is 15.9 Å². The number of hydrogen-bond acceptors (Lipinski definition) is 4. The molecule has 92 valence electrons. The molecule has 1 rings (SSSR count). The first kappa shape index (κ1) is 14.1. The predicted molar refractivity (Wildman–Crippen MR) is 69.0 cm³/mol. The maximum Gasteiger partial charge on any atom is 0.0700 e. The van der Waals surface area contributed by atoms with Crippen LogP contribution in [0.25, 0.3) is 0 Å². The molecule has 0 bridgehead atoms. The second-order valence-electron chi connectivity index (χ2n) is 3.48. The van der Waals surface area contributed by atoms with E-state index in [-0.39, 0.29) is 6.10 Å². The van der Waals surface area contributed by atoms with Crippen molar-refractivity contribution in [2.75, 3.05) is 26.9 Å². The van der Waals surface area contributed by atoms with E-state index >= 15 is 0 Å². The Hall–Kier alpha value is 0.0600. The summed E-state index contributed by atoms with van der Waals surface area (Å²) in [5.41, 5.74) is 0. The molecule has 0 aliphatic carbocycles. The summed E-state index contributed by atoms with van der Waals surface area (Å²) < 4.78 is 11.2. The molecule has 3 nitrogen and oxygen atoms in total. The maximum absolute atomic E-state index is 9.75. The van der Waals surface area contributed by atoms with Crippen LogP contribution in [0, 0.1) is 0 Å². The zero-order valence-corrected chi connectivity index (χ0v) is 11.7. The minimum atomic E-state index is -0.326. The van der Waals surface area contributed by atoms with E-state index in [4.69, 9.17) is 9.47 Å². The van der Waals surface area contributed by atoms with Gasteiger partial charge in [-0.2, -0.15) is 0 Å². The number of thiophene rings is 1. The van der Waals surface area contributed by atoms with Gasteiger partial charge in [-0.3, -0.25) is 0 Å². The predicted octanol–water partition coefficient (Wildman–Crippen LogP) is 2.47. The van der Waals surface area contributed by atoms with Crippen LogP contribution in [0.1, 0.15) is 11.3 Å². The van der Waals surface area contributed by atoms with Crippen molar-refractivity contribution in [2.45, 2.75) is 18.9 Å². The molecule has 0 saturated heterocycles. The fourth-order valence-corrected chi connectivity index (χ4v) is 2.78. The van der Waals surface area contributed by atoms with Gasteiger partial charge in [0.05, 0.1) is 19.3 Å². The first-order valence-electron chi connectivity index (χ1n) is 5.20. The minimum absolute atomic E-state index is 0.326. The molecule has 0 saturated carbocycles. The highest BCUT2D eigenvalue weighted by Crippen LogP contribution is 2.21. The normalized spacial score (nSPS) is 12.9. The van der Waals surface area contributed by atoms with E-state index in [1.165, 1.54) is 4.88 Å². The van der Waals surface area contributed by atoms with Crippen molar-refractivity contribution in [3.63, 3.8) is 0 Å². The minimum Gasteiger partial charge on any atom is -0.393 e. The summed E-state index contributed by atoms with van der Waals surface area (Å²) in [6.07, 6.45) is 1.04. The number of rotatable bonds is 8. The van der Waals surface area contributed by atoms with Crippen molar-refractivity contribution in [3.05, 3.63) is 20.8 Å². The molecule has 0 spiro atoms. The summed E-state index contributed by atoms with van der Waals surface area (Å²) in [5.74, 6) is 0. The van der Waals surface area contributed by atoms with Crippen LogP contribution < -0.4 is 0 Å². The summed E-state index contributed by atoms with van der Waals surface area (Å²) in [7, 11) is 1.65. The molecule has 0 radical (unpaired) electrons. The smallest absolute Gasteiger partial charge is 0.0700 e. The first-order chi connectivity index (χ1) is 7.72. The van der Waals surface area contributed by atoms with Gasteiger partial charge in [0, 0.05) is 34.9 Å². The highest BCUT2D eigenvalue weighted by molar-refractivity contribution is 9.10. The number of halogens is 1. The summed E-state index contributed by atoms with van der Waals surface area (Å²) in [4.78, 5) is 1.19. The molecular formula is C11H17BrO3S. The van der Waals surface area contributed by atoms with Crippen molar-refractivity contribution in [3.8, 4) is 0 Å². The van der Waals surface area contributed by atoms with E-state index in [0.717, 1.165) is 4.47 Å². The highest BCUT2D eigenvalue weighted by atomic mass is 79.9. The molecule has 0 aromatic carbocycles. The van der Waals surface area contributed by atoms with Gasteiger partial charge in [-0.05, 0) is 28.4 Å². The molecule has 5 heteroatoms. The van der Waals surface area contributed by atoms with E-state index < -0.39 is 0 Å². The van der Waals surface area contributed by atoms with Gasteiger partial charge in [-0.1, -0.05) is 0 Å². The van der Waals surface area contributed by atoms with Gasteiger partial charge in [0.2, 0.25) is 0 Å². The fourth-order valence-electron chi connectivity index (χ4n) is 1.26. The van der Waals surface area contributed by atoms with Crippen LogP contribution in [0.5, 0.6) is 0 Å². The third kappa shape index (κ3) is 5.96. The van der Waals surface area contributed by atoms with Gasteiger partial charge >= 0.3 is 0 Å². The second-order valence-corrected chi connectivity index (χ2v) is 5.39. The van der Waals surface area contributed by atoms with Gasteiger partial charge in [0.1, 0.15) is 0 Å². The molecule has 0 aliphatic rings. The van der Waals surface area contributed by atoms with E-state index in [0.29, 0.717) is 32.7 Å².